The van der Waals surface area contributed by atoms with E-state index in [2.05, 4.69) is 182 Å². The van der Waals surface area contributed by atoms with Crippen LogP contribution in [0.3, 0.4) is 0 Å². The average Bonchev–Trinajstić information content (AvgIpc) is 3.73. The monoisotopic (exact) mass is 923 g/mol. The van der Waals surface area contributed by atoms with Crippen LogP contribution in [0.4, 0.5) is 13.2 Å². The average molecular weight is 926 g/mol. The predicted octanol–water partition coefficient (Wildman–Crippen LogP) is 17.1. The Kier molecular flexibility index (Phi) is 11.0. The Hall–Kier alpha value is -3.21. The summed E-state index contributed by atoms with van der Waals surface area (Å²) in [4.78, 5) is 0. The van der Waals surface area contributed by atoms with E-state index < -0.39 is 34.1 Å². The summed E-state index contributed by atoms with van der Waals surface area (Å²) in [5.41, 5.74) is 10.9. The van der Waals surface area contributed by atoms with Crippen LogP contribution in [0.5, 0.6) is 0 Å². The van der Waals surface area contributed by atoms with Gasteiger partial charge in [-0.15, -0.1) is 0 Å². The molecule has 0 heterocycles. The van der Waals surface area contributed by atoms with Crippen LogP contribution < -0.4 is 0 Å². The van der Waals surface area contributed by atoms with Gasteiger partial charge in [-0.2, -0.15) is 0 Å². The SMILES string of the molecule is C[SiH](CCC(F)(F)F)[Zr]([Cl])([Cl])([CH]1C(CC(C)(C)C)=Cc2c(-c3ccc4ccccc4c3)cccc21)[CH]1C(CC(C)(C)C)=Cc2c(-c3ccc4ccccc4c3)cccc21. The van der Waals surface area contributed by atoms with E-state index in [9.17, 15) is 13.2 Å². The molecule has 0 amide bonds. The van der Waals surface area contributed by atoms with Crippen LogP contribution in [0.25, 0.3) is 56.0 Å². The summed E-state index contributed by atoms with van der Waals surface area (Å²) in [6.45, 7) is 15.5. The van der Waals surface area contributed by atoms with Gasteiger partial charge in [0.1, 0.15) is 0 Å². The number of hydrogen-bond donors (Lipinski definition) is 0. The van der Waals surface area contributed by atoms with E-state index in [0.717, 1.165) is 68.1 Å². The first-order valence-corrected chi connectivity index (χ1v) is 37.0. The molecule has 0 fully saturated rings. The molecule has 0 aliphatic heterocycles. The van der Waals surface area contributed by atoms with Gasteiger partial charge in [-0.25, -0.2) is 0 Å². The van der Waals surface area contributed by atoms with Crippen LogP contribution in [0.1, 0.15) is 90.3 Å². The molecule has 0 aromatic heterocycles. The van der Waals surface area contributed by atoms with Crippen molar-refractivity contribution in [1.29, 1.82) is 0 Å². The second kappa shape index (κ2) is 15.3. The summed E-state index contributed by atoms with van der Waals surface area (Å²) >= 11 is -5.73. The first-order valence-electron chi connectivity index (χ1n) is 21.0. The number of benzene rings is 6. The Morgan fingerprint density at radius 1 is 0.542 bits per heavy atom. The number of hydrogen-bond acceptors (Lipinski definition) is 0. The molecule has 8 rings (SSSR count). The van der Waals surface area contributed by atoms with Crippen molar-refractivity contribution in [2.75, 3.05) is 0 Å². The molecule has 305 valence electrons. The van der Waals surface area contributed by atoms with Crippen LogP contribution in [-0.4, -0.2) is 12.1 Å². The first kappa shape index (κ1) is 42.5. The third-order valence-electron chi connectivity index (χ3n) is 12.8. The topological polar surface area (TPSA) is 0 Å². The normalized spacial score (nSPS) is 18.3. The number of halogens is 5. The van der Waals surface area contributed by atoms with Crippen LogP contribution in [0.2, 0.25) is 12.6 Å². The Morgan fingerprint density at radius 2 is 0.949 bits per heavy atom. The molecule has 0 spiro atoms. The predicted molar refractivity (Wildman–Crippen MR) is 249 cm³/mol. The van der Waals surface area contributed by atoms with E-state index in [1.807, 2.05) is 0 Å². The summed E-state index contributed by atoms with van der Waals surface area (Å²) < 4.78 is 42.5. The molecule has 0 N–H and O–H groups in total. The Balaban J connectivity index is 1.39. The van der Waals surface area contributed by atoms with Crippen LogP contribution in [0, 0.1) is 10.8 Å². The third-order valence-corrected chi connectivity index (χ3v) is 63.0. The first-order chi connectivity index (χ1) is 27.7. The summed E-state index contributed by atoms with van der Waals surface area (Å²) in [7, 11) is 17.9. The molecule has 2 aliphatic carbocycles. The molecule has 2 aliphatic rings. The molecule has 6 aromatic rings. The molecule has 0 bridgehead atoms. The van der Waals surface area contributed by atoms with Gasteiger partial charge in [0.05, 0.1) is 0 Å². The minimum absolute atomic E-state index is 0.0136. The van der Waals surface area contributed by atoms with E-state index in [1.165, 1.54) is 21.9 Å². The zero-order chi connectivity index (χ0) is 42.1. The van der Waals surface area contributed by atoms with Gasteiger partial charge in [0.15, 0.2) is 0 Å². The molecule has 0 nitrogen and oxygen atoms in total. The zero-order valence-electron chi connectivity index (χ0n) is 35.2. The van der Waals surface area contributed by atoms with Crippen molar-refractivity contribution in [1.82, 2.24) is 0 Å². The maximum absolute atomic E-state index is 14.4. The van der Waals surface area contributed by atoms with Crippen LogP contribution in [-0.2, 0) is 15.6 Å². The van der Waals surface area contributed by atoms with Gasteiger partial charge in [-0.3, -0.25) is 0 Å². The summed E-state index contributed by atoms with van der Waals surface area (Å²) in [6.07, 6.45) is 0.985. The van der Waals surface area contributed by atoms with Gasteiger partial charge in [-0.05, 0) is 0 Å². The van der Waals surface area contributed by atoms with Crippen LogP contribution >= 0.6 is 17.0 Å². The van der Waals surface area contributed by atoms with Crippen molar-refractivity contribution in [2.45, 2.75) is 86.8 Å². The maximum atomic E-state index is 14.4. The van der Waals surface area contributed by atoms with Gasteiger partial charge in [0.2, 0.25) is 0 Å². The number of allylic oxidation sites excluding steroid dienone is 2. The molecule has 0 radical (unpaired) electrons. The van der Waals surface area contributed by atoms with E-state index in [4.69, 9.17) is 17.0 Å². The number of alkyl halides is 3. The fraction of sp³-hybridized carbons (Fsp3) is 0.308. The molecule has 0 saturated heterocycles. The molecule has 0 saturated carbocycles. The quantitative estimate of drug-likeness (QED) is 0.127. The zero-order valence-corrected chi connectivity index (χ0v) is 40.3. The van der Waals surface area contributed by atoms with Crippen molar-refractivity contribution < 1.29 is 28.7 Å². The van der Waals surface area contributed by atoms with Crippen molar-refractivity contribution in [3.8, 4) is 22.3 Å². The van der Waals surface area contributed by atoms with E-state index in [0.29, 0.717) is 0 Å². The summed E-state index contributed by atoms with van der Waals surface area (Å²) in [5, 5.41) is 4.66. The number of rotatable bonds is 9. The fourth-order valence-corrected chi connectivity index (χ4v) is 50.3. The molecule has 3 atom stereocenters. The third kappa shape index (κ3) is 8.16. The van der Waals surface area contributed by atoms with Crippen molar-refractivity contribution >= 4 is 56.6 Å². The van der Waals surface area contributed by atoms with Crippen LogP contribution in [0.15, 0.2) is 132 Å². The molecular formula is C52H54Cl2F3SiZr. The molecule has 59 heavy (non-hydrogen) atoms. The Bertz CT molecular complexity index is 2490. The van der Waals surface area contributed by atoms with Crippen molar-refractivity contribution in [3.63, 3.8) is 0 Å². The van der Waals surface area contributed by atoms with E-state index in [1.54, 1.807) is 0 Å². The van der Waals surface area contributed by atoms with Gasteiger partial charge >= 0.3 is 360 Å². The Morgan fingerprint density at radius 3 is 1.34 bits per heavy atom. The van der Waals surface area contributed by atoms with Gasteiger partial charge in [0, 0.05) is 0 Å². The van der Waals surface area contributed by atoms with Gasteiger partial charge < -0.3 is 0 Å². The summed E-state index contributed by atoms with van der Waals surface area (Å²) in [6, 6.07) is 42.9. The standard InChI is InChI=1S/2C24H23.C4H8F3Si.2ClH.Zr/c2*1-24(2,3)16-17-13-20-9-6-10-22(23(20)14-17)21-12-11-18-7-4-5-8-19(18)15-21;1-8-3-2-4(5,6)7;;;/h2*4-15H,16H2,1-3H3;8H,2-3H2,1H3;2*1H;/q;;;;;+2/p-2. The molecule has 3 unspecified atom stereocenters. The second-order valence-electron chi connectivity index (χ2n) is 19.8. The molecule has 6 aromatic carbocycles. The minimum atomic E-state index is -5.73. The van der Waals surface area contributed by atoms with Gasteiger partial charge in [-0.1, -0.05) is 0 Å². The second-order valence-corrected chi connectivity index (χ2v) is 61.1. The number of fused-ring (bicyclic) bond motifs is 4. The van der Waals surface area contributed by atoms with E-state index >= 15 is 0 Å². The summed E-state index contributed by atoms with van der Waals surface area (Å²) in [5.74, 6) is -2.59. The van der Waals surface area contributed by atoms with Crippen molar-refractivity contribution in [2.24, 2.45) is 10.8 Å². The molecular weight excluding hydrogens is 872 g/mol. The fourth-order valence-electron chi connectivity index (χ4n) is 10.4. The van der Waals surface area contributed by atoms with Gasteiger partial charge in [0.25, 0.3) is 0 Å². The Labute approximate surface area is 357 Å². The van der Waals surface area contributed by atoms with Crippen molar-refractivity contribution in [3.05, 3.63) is 155 Å². The van der Waals surface area contributed by atoms with E-state index in [-0.39, 0.29) is 24.1 Å². The molecule has 7 heteroatoms.